The summed E-state index contributed by atoms with van der Waals surface area (Å²) >= 11 is 0. The number of rotatable bonds is 0. The van der Waals surface area contributed by atoms with E-state index in [0.29, 0.717) is 0 Å². The van der Waals surface area contributed by atoms with Gasteiger partial charge in [0.25, 0.3) is 0 Å². The van der Waals surface area contributed by atoms with Gasteiger partial charge in [-0.1, -0.05) is 27.7 Å². The van der Waals surface area contributed by atoms with Crippen LogP contribution in [0.4, 0.5) is 0 Å². The first-order valence-corrected chi connectivity index (χ1v) is 4.88. The molecule has 2 nitrogen and oxygen atoms in total. The number of carbonyl (C=O) groups excluding carboxylic acids is 2. The number of ketones is 2. The van der Waals surface area contributed by atoms with Crippen molar-refractivity contribution in [2.45, 2.75) is 40.5 Å². The lowest BCUT2D eigenvalue weighted by Gasteiger charge is -2.34. The van der Waals surface area contributed by atoms with Crippen LogP contribution in [-0.2, 0) is 9.59 Å². The van der Waals surface area contributed by atoms with Crippen molar-refractivity contribution in [3.8, 4) is 0 Å². The summed E-state index contributed by atoms with van der Waals surface area (Å²) in [7, 11) is 0. The molecule has 13 heavy (non-hydrogen) atoms. The van der Waals surface area contributed by atoms with Crippen LogP contribution in [0.3, 0.4) is 0 Å². The van der Waals surface area contributed by atoms with E-state index >= 15 is 0 Å². The second-order valence-electron chi connectivity index (χ2n) is 5.16. The summed E-state index contributed by atoms with van der Waals surface area (Å²) in [6.45, 7) is 8.13. The molecule has 0 bridgehead atoms. The molecule has 1 aliphatic rings. The summed E-state index contributed by atoms with van der Waals surface area (Å²) in [5.41, 5.74) is 0.00600. The molecule has 0 aromatic carbocycles. The van der Waals surface area contributed by atoms with E-state index in [4.69, 9.17) is 0 Å². The van der Waals surface area contributed by atoms with Crippen molar-refractivity contribution < 1.29 is 9.59 Å². The van der Waals surface area contributed by atoms with Gasteiger partial charge in [0.1, 0.15) is 11.6 Å². The monoisotopic (exact) mass is 182 g/mol. The molecule has 1 saturated carbocycles. The third-order valence-corrected chi connectivity index (χ3v) is 2.92. The average Bonchev–Trinajstić information content (AvgIpc) is 1.94. The summed E-state index contributed by atoms with van der Waals surface area (Å²) in [4.78, 5) is 22.8. The summed E-state index contributed by atoms with van der Waals surface area (Å²) in [6.07, 6.45) is 0.893. The zero-order chi connectivity index (χ0) is 10.2. The van der Waals surface area contributed by atoms with Crippen LogP contribution in [0.15, 0.2) is 0 Å². The highest BCUT2D eigenvalue weighted by Crippen LogP contribution is 2.36. The Morgan fingerprint density at radius 3 is 2.15 bits per heavy atom. The maximum absolute atomic E-state index is 11.6. The molecular weight excluding hydrogens is 164 g/mol. The predicted octanol–water partition coefficient (Wildman–Crippen LogP) is 2.22. The van der Waals surface area contributed by atoms with Gasteiger partial charge in [0.2, 0.25) is 0 Å². The first-order valence-electron chi connectivity index (χ1n) is 4.88. The van der Waals surface area contributed by atoms with Gasteiger partial charge in [0.15, 0.2) is 0 Å². The smallest absolute Gasteiger partial charge is 0.143 e. The van der Waals surface area contributed by atoms with E-state index < -0.39 is 0 Å². The topological polar surface area (TPSA) is 34.1 Å². The summed E-state index contributed by atoms with van der Waals surface area (Å²) in [6, 6.07) is 0. The third-order valence-electron chi connectivity index (χ3n) is 2.92. The molecule has 0 heterocycles. The van der Waals surface area contributed by atoms with Crippen LogP contribution < -0.4 is 0 Å². The largest absolute Gasteiger partial charge is 0.299 e. The second kappa shape index (κ2) is 3.24. The van der Waals surface area contributed by atoms with Crippen molar-refractivity contribution in [2.75, 3.05) is 0 Å². The molecule has 74 valence electrons. The average molecular weight is 182 g/mol. The molecule has 2 atom stereocenters. The molecule has 0 radical (unpaired) electrons. The van der Waals surface area contributed by atoms with Gasteiger partial charge in [-0.05, 0) is 11.8 Å². The SMILES string of the molecule is CC1CC(C(C)(C)C)C(=O)CC1=O. The van der Waals surface area contributed by atoms with Gasteiger partial charge < -0.3 is 0 Å². The fraction of sp³-hybridized carbons (Fsp3) is 0.818. The van der Waals surface area contributed by atoms with Crippen molar-refractivity contribution in [1.29, 1.82) is 0 Å². The number of Topliss-reactive ketones (excluding diaryl/α,β-unsaturated/α-hetero) is 2. The second-order valence-corrected chi connectivity index (χ2v) is 5.16. The molecule has 0 spiro atoms. The Bertz CT molecular complexity index is 235. The number of hydrogen-bond acceptors (Lipinski definition) is 2. The quantitative estimate of drug-likeness (QED) is 0.538. The molecule has 2 unspecified atom stereocenters. The third kappa shape index (κ3) is 2.17. The molecule has 0 saturated heterocycles. The highest BCUT2D eigenvalue weighted by Gasteiger charge is 2.38. The van der Waals surface area contributed by atoms with Crippen LogP contribution in [0.1, 0.15) is 40.5 Å². The lowest BCUT2D eigenvalue weighted by Crippen LogP contribution is -2.38. The molecule has 0 aliphatic heterocycles. The maximum atomic E-state index is 11.6. The minimum Gasteiger partial charge on any atom is -0.299 e. The van der Waals surface area contributed by atoms with E-state index in [1.807, 2.05) is 6.92 Å². The first-order chi connectivity index (χ1) is 5.82. The van der Waals surface area contributed by atoms with Crippen molar-refractivity contribution in [1.82, 2.24) is 0 Å². The summed E-state index contributed by atoms with van der Waals surface area (Å²) < 4.78 is 0. The number of carbonyl (C=O) groups is 2. The maximum Gasteiger partial charge on any atom is 0.143 e. The fourth-order valence-electron chi connectivity index (χ4n) is 1.92. The van der Waals surface area contributed by atoms with Crippen LogP contribution >= 0.6 is 0 Å². The summed E-state index contributed by atoms with van der Waals surface area (Å²) in [5, 5.41) is 0. The first kappa shape index (κ1) is 10.4. The van der Waals surface area contributed by atoms with Crippen molar-refractivity contribution in [3.63, 3.8) is 0 Å². The lowest BCUT2D eigenvalue weighted by atomic mass is 9.68. The highest BCUT2D eigenvalue weighted by molar-refractivity contribution is 6.03. The zero-order valence-corrected chi connectivity index (χ0v) is 8.89. The molecule has 0 N–H and O–H groups in total. The summed E-state index contributed by atoms with van der Waals surface area (Å²) in [5.74, 6) is 0.392. The molecule has 2 heteroatoms. The Hall–Kier alpha value is -0.660. The van der Waals surface area contributed by atoms with E-state index in [9.17, 15) is 9.59 Å². The van der Waals surface area contributed by atoms with Gasteiger partial charge >= 0.3 is 0 Å². The van der Waals surface area contributed by atoms with E-state index in [2.05, 4.69) is 20.8 Å². The van der Waals surface area contributed by atoms with Gasteiger partial charge in [-0.2, -0.15) is 0 Å². The Balaban J connectivity index is 2.79. The molecule has 0 aromatic heterocycles. The van der Waals surface area contributed by atoms with Gasteiger partial charge in [-0.25, -0.2) is 0 Å². The standard InChI is InChI=1S/C11H18O2/c1-7-5-8(11(2,3)4)10(13)6-9(7)12/h7-8H,5-6H2,1-4H3. The molecular formula is C11H18O2. The van der Waals surface area contributed by atoms with Crippen molar-refractivity contribution in [2.24, 2.45) is 17.3 Å². The van der Waals surface area contributed by atoms with Crippen LogP contribution in [0.5, 0.6) is 0 Å². The van der Waals surface area contributed by atoms with Crippen LogP contribution in [0, 0.1) is 17.3 Å². The van der Waals surface area contributed by atoms with Crippen LogP contribution in [0.25, 0.3) is 0 Å². The zero-order valence-electron chi connectivity index (χ0n) is 8.89. The minimum atomic E-state index is 0.00600. The minimum absolute atomic E-state index is 0.00600. The van der Waals surface area contributed by atoms with Gasteiger partial charge in [-0.3, -0.25) is 9.59 Å². The molecule has 1 aliphatic carbocycles. The van der Waals surface area contributed by atoms with Crippen molar-refractivity contribution in [3.05, 3.63) is 0 Å². The molecule has 1 fully saturated rings. The van der Waals surface area contributed by atoms with Crippen molar-refractivity contribution >= 4 is 11.6 Å². The van der Waals surface area contributed by atoms with Gasteiger partial charge in [0, 0.05) is 11.8 Å². The Labute approximate surface area is 79.7 Å². The van der Waals surface area contributed by atoms with E-state index in [1.54, 1.807) is 0 Å². The van der Waals surface area contributed by atoms with Gasteiger partial charge in [0.05, 0.1) is 6.42 Å². The Morgan fingerprint density at radius 2 is 1.69 bits per heavy atom. The molecule has 1 rings (SSSR count). The Kier molecular flexibility index (Phi) is 2.60. The highest BCUT2D eigenvalue weighted by atomic mass is 16.1. The normalized spacial score (nSPS) is 30.8. The number of hydrogen-bond donors (Lipinski definition) is 0. The van der Waals surface area contributed by atoms with E-state index in [-0.39, 0.29) is 35.2 Å². The van der Waals surface area contributed by atoms with Crippen LogP contribution in [0.2, 0.25) is 0 Å². The fourth-order valence-corrected chi connectivity index (χ4v) is 1.92. The van der Waals surface area contributed by atoms with E-state index in [0.717, 1.165) is 6.42 Å². The lowest BCUT2D eigenvalue weighted by molar-refractivity contribution is -0.138. The van der Waals surface area contributed by atoms with E-state index in [1.165, 1.54) is 0 Å². The predicted molar refractivity (Wildman–Crippen MR) is 51.4 cm³/mol. The molecule has 0 amide bonds. The Morgan fingerprint density at radius 1 is 1.15 bits per heavy atom. The van der Waals surface area contributed by atoms with Crippen LogP contribution in [-0.4, -0.2) is 11.6 Å². The molecule has 0 aromatic rings. The van der Waals surface area contributed by atoms with Gasteiger partial charge in [-0.15, -0.1) is 0 Å².